The molecule has 0 spiro atoms. The van der Waals surface area contributed by atoms with Gasteiger partial charge < -0.3 is 15.5 Å². The molecule has 4 rings (SSSR count). The number of nitrogens with one attached hydrogen (secondary N) is 1. The van der Waals surface area contributed by atoms with E-state index in [2.05, 4.69) is 32.4 Å². The number of hydrogen-bond donors (Lipinski definition) is 4. The summed E-state index contributed by atoms with van der Waals surface area (Å²) in [5, 5.41) is 41.2. The van der Waals surface area contributed by atoms with Gasteiger partial charge in [0, 0.05) is 23.2 Å². The fourth-order valence-electron chi connectivity index (χ4n) is 3.57. The Bertz CT molecular complexity index is 1890. The van der Waals surface area contributed by atoms with Crippen molar-refractivity contribution in [3.63, 3.8) is 0 Å². The van der Waals surface area contributed by atoms with Crippen LogP contribution in [0.5, 0.6) is 11.5 Å². The molecule has 14 heteroatoms. The Morgan fingerprint density at radius 1 is 0.795 bits per heavy atom. The van der Waals surface area contributed by atoms with E-state index in [1.165, 1.54) is 12.1 Å². The third-order valence-electron chi connectivity index (χ3n) is 5.55. The topological polar surface area (TPSA) is 190 Å². The Morgan fingerprint density at radius 3 is 2.10 bits per heavy atom. The summed E-state index contributed by atoms with van der Waals surface area (Å²) in [5.41, 5.74) is 0.668. The van der Waals surface area contributed by atoms with Crippen molar-refractivity contribution in [2.75, 3.05) is 12.4 Å². The fourth-order valence-corrected chi connectivity index (χ4v) is 5.03. The number of hydrogen-bond acceptors (Lipinski definition) is 11. The number of phenols is 2. The summed E-state index contributed by atoms with van der Waals surface area (Å²) < 4.78 is 57.9. The highest BCUT2D eigenvalue weighted by molar-refractivity contribution is 7.94. The minimum absolute atomic E-state index is 0.0812. The van der Waals surface area contributed by atoms with Gasteiger partial charge in [-0.15, -0.1) is 20.5 Å². The number of benzene rings is 4. The maximum atomic E-state index is 12.1. The summed E-state index contributed by atoms with van der Waals surface area (Å²) in [4.78, 5) is -1.17. The van der Waals surface area contributed by atoms with Crippen LogP contribution < -0.4 is 5.32 Å². The SMILES string of the molecule is C=CS(=O)(=O)c1ccc(N=Nc2c(NC)ccc3c(O)c(N=Nc4ccccc4O)ccc23)c(S(=O)(=O)O)c1. The van der Waals surface area contributed by atoms with Gasteiger partial charge in [-0.2, -0.15) is 8.42 Å². The zero-order valence-electron chi connectivity index (χ0n) is 20.2. The molecule has 0 unspecified atom stereocenters. The number of sulfone groups is 1. The number of azo groups is 2. The first kappa shape index (κ1) is 27.4. The number of phenolic OH excluding ortho intramolecular Hbond substituents is 2. The van der Waals surface area contributed by atoms with E-state index < -0.39 is 29.7 Å². The second kappa shape index (κ2) is 10.6. The zero-order chi connectivity index (χ0) is 28.4. The van der Waals surface area contributed by atoms with Crippen LogP contribution in [0, 0.1) is 0 Å². The van der Waals surface area contributed by atoms with E-state index in [9.17, 15) is 31.6 Å². The fraction of sp³-hybridized carbons (Fsp3) is 0.0400. The lowest BCUT2D eigenvalue weighted by molar-refractivity contribution is 0.475. The molecule has 0 saturated carbocycles. The van der Waals surface area contributed by atoms with Crippen molar-refractivity contribution in [3.8, 4) is 11.5 Å². The predicted octanol–water partition coefficient (Wildman–Crippen LogP) is 6.29. The van der Waals surface area contributed by atoms with Crippen LogP contribution in [0.1, 0.15) is 0 Å². The van der Waals surface area contributed by atoms with E-state index >= 15 is 0 Å². The lowest BCUT2D eigenvalue weighted by Gasteiger charge is -2.11. The number of aromatic hydroxyl groups is 2. The molecule has 39 heavy (non-hydrogen) atoms. The monoisotopic (exact) mass is 567 g/mol. The molecular weight excluding hydrogens is 546 g/mol. The van der Waals surface area contributed by atoms with Crippen molar-refractivity contribution in [1.29, 1.82) is 0 Å². The van der Waals surface area contributed by atoms with E-state index in [1.807, 2.05) is 0 Å². The van der Waals surface area contributed by atoms with Crippen LogP contribution >= 0.6 is 0 Å². The van der Waals surface area contributed by atoms with Crippen molar-refractivity contribution >= 4 is 59.2 Å². The average Bonchev–Trinajstić information content (AvgIpc) is 2.91. The molecule has 0 fully saturated rings. The molecule has 4 N–H and O–H groups in total. The van der Waals surface area contributed by atoms with Gasteiger partial charge >= 0.3 is 0 Å². The highest BCUT2D eigenvalue weighted by atomic mass is 32.2. The van der Waals surface area contributed by atoms with Crippen LogP contribution in [0.4, 0.5) is 28.4 Å². The lowest BCUT2D eigenvalue weighted by Crippen LogP contribution is -2.02. The zero-order valence-corrected chi connectivity index (χ0v) is 21.8. The van der Waals surface area contributed by atoms with Gasteiger partial charge in [0.15, 0.2) is 15.6 Å². The minimum atomic E-state index is -4.88. The quantitative estimate of drug-likeness (QED) is 0.141. The number of fused-ring (bicyclic) bond motifs is 1. The van der Waals surface area contributed by atoms with Gasteiger partial charge in [0.05, 0.1) is 10.6 Å². The molecular formula is C25H21N5O7S2. The third kappa shape index (κ3) is 5.62. The maximum absolute atomic E-state index is 12.1. The molecule has 0 atom stereocenters. The Morgan fingerprint density at radius 2 is 1.44 bits per heavy atom. The normalized spacial score (nSPS) is 12.4. The maximum Gasteiger partial charge on any atom is 0.296 e. The molecule has 0 aliphatic rings. The second-order valence-corrected chi connectivity index (χ2v) is 11.2. The summed E-state index contributed by atoms with van der Waals surface area (Å²) in [6.45, 7) is 3.20. The van der Waals surface area contributed by atoms with Crippen LogP contribution in [0.15, 0.2) is 109 Å². The summed E-state index contributed by atoms with van der Waals surface area (Å²) >= 11 is 0. The van der Waals surface area contributed by atoms with Crippen molar-refractivity contribution in [2.24, 2.45) is 20.5 Å². The van der Waals surface area contributed by atoms with E-state index in [0.29, 0.717) is 21.9 Å². The van der Waals surface area contributed by atoms with Gasteiger partial charge in [-0.25, -0.2) is 8.42 Å². The van der Waals surface area contributed by atoms with Crippen LogP contribution in [-0.2, 0) is 20.0 Å². The third-order valence-corrected chi connectivity index (χ3v) is 7.79. The molecule has 0 amide bonds. The molecule has 0 bridgehead atoms. The lowest BCUT2D eigenvalue weighted by atomic mass is 10.1. The molecule has 0 saturated heterocycles. The number of anilines is 1. The standard InChI is InChI=1S/C25H21N5O7S2/c1-3-38(33,34)15-8-11-19(23(14-15)39(35,36)37)28-30-24-16-9-13-21(25(32)17(16)10-12-20(24)26-2)29-27-18-6-4-5-7-22(18)31/h3-14,26,31-32H,1H2,2H3,(H,35,36,37). The van der Waals surface area contributed by atoms with E-state index in [1.54, 1.807) is 43.4 Å². The molecule has 0 heterocycles. The molecule has 0 aromatic heterocycles. The average molecular weight is 568 g/mol. The van der Waals surface area contributed by atoms with Crippen LogP contribution in [0.3, 0.4) is 0 Å². The minimum Gasteiger partial charge on any atom is -0.506 e. The molecule has 12 nitrogen and oxygen atoms in total. The summed E-state index contributed by atoms with van der Waals surface area (Å²) in [6.07, 6.45) is 0. The first-order chi connectivity index (χ1) is 18.5. The van der Waals surface area contributed by atoms with Gasteiger partial charge in [0.2, 0.25) is 0 Å². The van der Waals surface area contributed by atoms with Gasteiger partial charge in [0.1, 0.15) is 33.4 Å². The highest BCUT2D eigenvalue weighted by Crippen LogP contribution is 2.43. The molecule has 0 radical (unpaired) electrons. The second-order valence-electron chi connectivity index (χ2n) is 7.95. The first-order valence-electron chi connectivity index (χ1n) is 11.0. The summed E-state index contributed by atoms with van der Waals surface area (Å²) in [6, 6.07) is 15.5. The van der Waals surface area contributed by atoms with Gasteiger partial charge in [-0.05, 0) is 54.6 Å². The van der Waals surface area contributed by atoms with Crippen molar-refractivity contribution in [1.82, 2.24) is 0 Å². The molecule has 4 aromatic carbocycles. The molecule has 0 aliphatic carbocycles. The highest BCUT2D eigenvalue weighted by Gasteiger charge is 2.21. The molecule has 0 aliphatic heterocycles. The smallest absolute Gasteiger partial charge is 0.296 e. The van der Waals surface area contributed by atoms with E-state index in [-0.39, 0.29) is 34.2 Å². The number of rotatable bonds is 8. The van der Waals surface area contributed by atoms with Crippen molar-refractivity contribution in [3.05, 3.63) is 78.7 Å². The molecule has 4 aromatic rings. The Balaban J connectivity index is 1.82. The van der Waals surface area contributed by atoms with Gasteiger partial charge in [-0.1, -0.05) is 18.7 Å². The summed E-state index contributed by atoms with van der Waals surface area (Å²) in [5.74, 6) is -0.314. The van der Waals surface area contributed by atoms with Crippen LogP contribution in [0.2, 0.25) is 0 Å². The van der Waals surface area contributed by atoms with Gasteiger partial charge in [-0.3, -0.25) is 4.55 Å². The first-order valence-corrected chi connectivity index (χ1v) is 14.0. The largest absolute Gasteiger partial charge is 0.506 e. The van der Waals surface area contributed by atoms with E-state index in [0.717, 1.165) is 18.2 Å². The van der Waals surface area contributed by atoms with Crippen LogP contribution in [0.25, 0.3) is 10.8 Å². The Labute approximate surface area is 223 Å². The summed E-state index contributed by atoms with van der Waals surface area (Å²) in [7, 11) is -7.25. The Hall–Kier alpha value is -4.66. The number of para-hydroxylation sites is 1. The number of nitrogens with zero attached hydrogens (tertiary/aromatic N) is 4. The van der Waals surface area contributed by atoms with Gasteiger partial charge in [0.25, 0.3) is 10.1 Å². The molecule has 200 valence electrons. The van der Waals surface area contributed by atoms with Crippen molar-refractivity contribution < 1.29 is 31.6 Å². The predicted molar refractivity (Wildman–Crippen MR) is 145 cm³/mol. The van der Waals surface area contributed by atoms with Crippen LogP contribution in [-0.4, -0.2) is 38.6 Å². The van der Waals surface area contributed by atoms with Crippen molar-refractivity contribution in [2.45, 2.75) is 9.79 Å². The van der Waals surface area contributed by atoms with E-state index in [4.69, 9.17) is 0 Å². The Kier molecular flexibility index (Phi) is 7.44.